The minimum absolute atomic E-state index is 0.290. The Balaban J connectivity index is 1.90. The van der Waals surface area contributed by atoms with Crippen LogP contribution in [0.5, 0.6) is 0 Å². The number of aliphatic hydroxyl groups is 1. The van der Waals surface area contributed by atoms with E-state index in [0.717, 1.165) is 37.1 Å². The number of hydrogen-bond donors (Lipinski definition) is 1. The van der Waals surface area contributed by atoms with Gasteiger partial charge in [-0.15, -0.1) is 0 Å². The lowest BCUT2D eigenvalue weighted by atomic mass is 9.95. The molecule has 4 heteroatoms. The number of rotatable bonds is 2. The summed E-state index contributed by atoms with van der Waals surface area (Å²) in [6.45, 7) is 0.732. The van der Waals surface area contributed by atoms with Crippen molar-refractivity contribution in [2.75, 3.05) is 0 Å². The zero-order valence-corrected chi connectivity index (χ0v) is 9.58. The van der Waals surface area contributed by atoms with Crippen LogP contribution >= 0.6 is 0 Å². The molecule has 0 aliphatic heterocycles. The van der Waals surface area contributed by atoms with Gasteiger partial charge in [-0.25, -0.2) is 0 Å². The fourth-order valence-corrected chi connectivity index (χ4v) is 2.47. The van der Waals surface area contributed by atoms with E-state index in [1.165, 1.54) is 5.69 Å². The molecule has 0 radical (unpaired) electrons. The summed E-state index contributed by atoms with van der Waals surface area (Å²) in [5.74, 6) is 0. The van der Waals surface area contributed by atoms with Gasteiger partial charge in [0.2, 0.25) is 0 Å². The van der Waals surface area contributed by atoms with Crippen LogP contribution in [0.15, 0.2) is 30.6 Å². The summed E-state index contributed by atoms with van der Waals surface area (Å²) in [5.41, 5.74) is 3.28. The van der Waals surface area contributed by atoms with Crippen molar-refractivity contribution >= 4 is 0 Å². The summed E-state index contributed by atoms with van der Waals surface area (Å²) in [5, 5.41) is 17.9. The van der Waals surface area contributed by atoms with Crippen molar-refractivity contribution in [3.05, 3.63) is 47.5 Å². The van der Waals surface area contributed by atoms with E-state index in [-0.39, 0.29) is 6.10 Å². The largest absolute Gasteiger partial charge is 0.388 e. The fourth-order valence-electron chi connectivity index (χ4n) is 2.47. The van der Waals surface area contributed by atoms with Gasteiger partial charge in [-0.2, -0.15) is 10.2 Å². The average molecular weight is 229 g/mol. The minimum atomic E-state index is -0.290. The van der Waals surface area contributed by atoms with Crippen molar-refractivity contribution in [2.24, 2.45) is 0 Å². The van der Waals surface area contributed by atoms with Crippen LogP contribution in [-0.2, 0) is 13.0 Å². The highest BCUT2D eigenvalue weighted by atomic mass is 16.3. The second kappa shape index (κ2) is 4.30. The molecule has 2 aromatic heterocycles. The van der Waals surface area contributed by atoms with E-state index in [2.05, 4.69) is 14.8 Å². The second-order valence-corrected chi connectivity index (χ2v) is 4.47. The van der Waals surface area contributed by atoms with Crippen molar-refractivity contribution in [3.8, 4) is 0 Å². The van der Waals surface area contributed by atoms with Gasteiger partial charge in [-0.05, 0) is 37.5 Å². The Morgan fingerprint density at radius 1 is 1.41 bits per heavy atom. The molecule has 3 rings (SSSR count). The molecule has 1 aliphatic rings. The summed E-state index contributed by atoms with van der Waals surface area (Å²) in [7, 11) is 0. The Morgan fingerprint density at radius 2 is 2.35 bits per heavy atom. The van der Waals surface area contributed by atoms with Gasteiger partial charge in [-0.1, -0.05) is 0 Å². The first kappa shape index (κ1) is 10.5. The van der Waals surface area contributed by atoms with Gasteiger partial charge in [0, 0.05) is 23.7 Å². The van der Waals surface area contributed by atoms with Crippen molar-refractivity contribution in [1.29, 1.82) is 0 Å². The summed E-state index contributed by atoms with van der Waals surface area (Å²) in [6, 6.07) is 5.89. The maximum absolute atomic E-state index is 9.90. The van der Waals surface area contributed by atoms with Gasteiger partial charge in [0.25, 0.3) is 0 Å². The molecule has 0 amide bonds. The number of aromatic nitrogens is 3. The van der Waals surface area contributed by atoms with Gasteiger partial charge in [0.15, 0.2) is 0 Å². The first-order valence-corrected chi connectivity index (χ1v) is 5.97. The predicted molar refractivity (Wildman–Crippen MR) is 63.5 cm³/mol. The molecule has 1 atom stereocenters. The molecule has 2 heterocycles. The molecular formula is C13H15N3O. The van der Waals surface area contributed by atoms with Crippen LogP contribution in [0, 0.1) is 0 Å². The van der Waals surface area contributed by atoms with Crippen molar-refractivity contribution in [3.63, 3.8) is 0 Å². The quantitative estimate of drug-likeness (QED) is 0.852. The topological polar surface area (TPSA) is 50.9 Å². The zero-order chi connectivity index (χ0) is 11.7. The van der Waals surface area contributed by atoms with E-state index in [1.54, 1.807) is 6.20 Å². The number of hydrogen-bond acceptors (Lipinski definition) is 3. The molecule has 4 nitrogen and oxygen atoms in total. The lowest BCUT2D eigenvalue weighted by Gasteiger charge is -2.19. The zero-order valence-electron chi connectivity index (χ0n) is 9.58. The number of aliphatic hydroxyl groups excluding tert-OH is 1. The lowest BCUT2D eigenvalue weighted by Crippen LogP contribution is -2.12. The van der Waals surface area contributed by atoms with Crippen molar-refractivity contribution in [2.45, 2.75) is 31.9 Å². The molecule has 1 N–H and O–H groups in total. The van der Waals surface area contributed by atoms with Crippen LogP contribution in [0.4, 0.5) is 0 Å². The molecule has 0 fully saturated rings. The van der Waals surface area contributed by atoms with Gasteiger partial charge in [0.05, 0.1) is 18.3 Å². The summed E-state index contributed by atoms with van der Waals surface area (Å²) < 4.78 is 2.17. The highest BCUT2D eigenvalue weighted by molar-refractivity contribution is 5.28. The Labute approximate surface area is 99.9 Å². The van der Waals surface area contributed by atoms with Crippen molar-refractivity contribution < 1.29 is 5.11 Å². The third-order valence-electron chi connectivity index (χ3n) is 3.32. The normalized spacial score (nSPS) is 19.0. The number of fused-ring (bicyclic) bond motifs is 1. The van der Waals surface area contributed by atoms with E-state index in [0.29, 0.717) is 0 Å². The third-order valence-corrected chi connectivity index (χ3v) is 3.32. The molecule has 1 unspecified atom stereocenters. The molecular weight excluding hydrogens is 214 g/mol. The van der Waals surface area contributed by atoms with E-state index >= 15 is 0 Å². The molecule has 0 spiro atoms. The molecule has 88 valence electrons. The maximum atomic E-state index is 9.90. The molecule has 0 saturated heterocycles. The van der Waals surface area contributed by atoms with Crippen LogP contribution < -0.4 is 0 Å². The first-order chi connectivity index (χ1) is 8.34. The Bertz CT molecular complexity index is 507. The van der Waals surface area contributed by atoms with Crippen LogP contribution in [0.25, 0.3) is 0 Å². The van der Waals surface area contributed by atoms with Crippen LogP contribution in [0.3, 0.4) is 0 Å². The van der Waals surface area contributed by atoms with Crippen LogP contribution in [0.2, 0.25) is 0 Å². The van der Waals surface area contributed by atoms with E-state index in [4.69, 9.17) is 0 Å². The second-order valence-electron chi connectivity index (χ2n) is 4.47. The average Bonchev–Trinajstić information content (AvgIpc) is 2.76. The molecule has 2 aromatic rings. The highest BCUT2D eigenvalue weighted by Gasteiger charge is 2.21. The predicted octanol–water partition coefficient (Wildman–Crippen LogP) is 1.70. The van der Waals surface area contributed by atoms with E-state index in [1.807, 2.05) is 24.4 Å². The monoisotopic (exact) mass is 229 g/mol. The van der Waals surface area contributed by atoms with E-state index in [9.17, 15) is 5.11 Å². The van der Waals surface area contributed by atoms with Gasteiger partial charge in [0.1, 0.15) is 0 Å². The summed E-state index contributed by atoms with van der Waals surface area (Å²) in [4.78, 5) is 0. The fraction of sp³-hybridized carbons (Fsp3) is 0.385. The van der Waals surface area contributed by atoms with E-state index < -0.39 is 0 Å². The maximum Gasteiger partial charge on any atom is 0.0828 e. The summed E-state index contributed by atoms with van der Waals surface area (Å²) in [6.07, 6.45) is 6.40. The highest BCUT2D eigenvalue weighted by Crippen LogP contribution is 2.30. The van der Waals surface area contributed by atoms with Gasteiger partial charge >= 0.3 is 0 Å². The Morgan fingerprint density at radius 3 is 3.18 bits per heavy atom. The lowest BCUT2D eigenvalue weighted by molar-refractivity contribution is 0.155. The first-order valence-electron chi connectivity index (χ1n) is 5.97. The summed E-state index contributed by atoms with van der Waals surface area (Å²) >= 11 is 0. The van der Waals surface area contributed by atoms with Crippen molar-refractivity contribution in [1.82, 2.24) is 14.8 Å². The molecule has 1 aliphatic carbocycles. The minimum Gasteiger partial charge on any atom is -0.388 e. The van der Waals surface area contributed by atoms with Crippen LogP contribution in [0.1, 0.15) is 35.9 Å². The molecule has 0 bridgehead atoms. The Kier molecular flexibility index (Phi) is 2.65. The standard InChI is InChI=1S/C13H15N3O/c17-13-5-1-4-12-11(13)6-8-16(12)9-10-3-2-7-14-15-10/h2-3,6-8,13,17H,1,4-5,9H2. The molecule has 17 heavy (non-hydrogen) atoms. The van der Waals surface area contributed by atoms with Crippen LogP contribution in [-0.4, -0.2) is 19.9 Å². The molecule has 0 aromatic carbocycles. The third kappa shape index (κ3) is 1.96. The van der Waals surface area contributed by atoms with Gasteiger partial charge in [-0.3, -0.25) is 0 Å². The molecule has 0 saturated carbocycles. The SMILES string of the molecule is OC1CCCc2c1ccn2Cc1cccnn1. The number of nitrogens with zero attached hydrogens (tertiary/aromatic N) is 3. The smallest absolute Gasteiger partial charge is 0.0828 e. The Hall–Kier alpha value is -1.68. The van der Waals surface area contributed by atoms with Gasteiger partial charge < -0.3 is 9.67 Å².